The molecule has 0 radical (unpaired) electrons. The van der Waals surface area contributed by atoms with Gasteiger partial charge in [-0.1, -0.05) is 25.1 Å². The number of ether oxygens (including phenoxy) is 1. The zero-order valence-corrected chi connectivity index (χ0v) is 12.4. The predicted octanol–water partition coefficient (Wildman–Crippen LogP) is 0.883. The summed E-state index contributed by atoms with van der Waals surface area (Å²) in [5, 5.41) is -0.235. The Balaban J connectivity index is 2.69. The van der Waals surface area contributed by atoms with Crippen molar-refractivity contribution in [2.45, 2.75) is 37.4 Å². The zero-order valence-electron chi connectivity index (χ0n) is 10.8. The van der Waals surface area contributed by atoms with Gasteiger partial charge in [-0.05, 0) is 12.8 Å². The maximum absolute atomic E-state index is 12.4. The van der Waals surface area contributed by atoms with E-state index in [0.717, 1.165) is 25.7 Å². The molecule has 0 heterocycles. The standard InChI is InChI=1S/C11H22N2O3S2/c1-16-9-8-13(7-6-11(12)17)18(14,15)10-4-2-3-5-10/h10H,2-9H2,1H3,(H2,12,17). The molecule has 1 fully saturated rings. The number of hydrogen-bond donors (Lipinski definition) is 1. The van der Waals surface area contributed by atoms with Crippen LogP contribution in [0.2, 0.25) is 0 Å². The van der Waals surface area contributed by atoms with Crippen molar-refractivity contribution in [2.24, 2.45) is 5.73 Å². The Morgan fingerprint density at radius 2 is 2.00 bits per heavy atom. The van der Waals surface area contributed by atoms with Crippen LogP contribution in [0.3, 0.4) is 0 Å². The van der Waals surface area contributed by atoms with Gasteiger partial charge in [0.1, 0.15) is 0 Å². The lowest BCUT2D eigenvalue weighted by atomic mass is 10.4. The molecule has 0 aromatic carbocycles. The summed E-state index contributed by atoms with van der Waals surface area (Å²) in [7, 11) is -1.67. The van der Waals surface area contributed by atoms with E-state index < -0.39 is 10.0 Å². The zero-order chi connectivity index (χ0) is 13.6. The molecule has 0 atom stereocenters. The quantitative estimate of drug-likeness (QED) is 0.673. The average molecular weight is 294 g/mol. The molecule has 18 heavy (non-hydrogen) atoms. The van der Waals surface area contributed by atoms with Crippen molar-refractivity contribution in [1.29, 1.82) is 0 Å². The fraction of sp³-hybridized carbons (Fsp3) is 0.909. The summed E-state index contributed by atoms with van der Waals surface area (Å²) in [4.78, 5) is 0.346. The lowest BCUT2D eigenvalue weighted by Crippen LogP contribution is -2.41. The third-order valence-electron chi connectivity index (χ3n) is 3.24. The van der Waals surface area contributed by atoms with Crippen molar-refractivity contribution >= 4 is 27.2 Å². The van der Waals surface area contributed by atoms with Gasteiger partial charge in [0, 0.05) is 26.6 Å². The monoisotopic (exact) mass is 294 g/mol. The molecule has 1 saturated carbocycles. The Hall–Kier alpha value is -0.240. The van der Waals surface area contributed by atoms with Gasteiger partial charge in [0.2, 0.25) is 10.0 Å². The van der Waals surface area contributed by atoms with E-state index in [2.05, 4.69) is 0 Å². The molecule has 0 saturated heterocycles. The molecule has 1 aliphatic carbocycles. The van der Waals surface area contributed by atoms with Crippen LogP contribution in [-0.2, 0) is 14.8 Å². The Morgan fingerprint density at radius 3 is 2.50 bits per heavy atom. The fourth-order valence-corrected chi connectivity index (χ4v) is 4.31. The second-order valence-corrected chi connectivity index (χ2v) is 7.30. The second-order valence-electron chi connectivity index (χ2n) is 4.56. The van der Waals surface area contributed by atoms with E-state index >= 15 is 0 Å². The number of methoxy groups -OCH3 is 1. The van der Waals surface area contributed by atoms with Crippen molar-refractivity contribution in [3.05, 3.63) is 0 Å². The highest BCUT2D eigenvalue weighted by Crippen LogP contribution is 2.27. The van der Waals surface area contributed by atoms with Gasteiger partial charge < -0.3 is 10.5 Å². The number of nitrogens with two attached hydrogens (primary N) is 1. The first-order valence-electron chi connectivity index (χ1n) is 6.24. The third kappa shape index (κ3) is 4.46. The molecular weight excluding hydrogens is 272 g/mol. The van der Waals surface area contributed by atoms with Gasteiger partial charge in [-0.3, -0.25) is 0 Å². The van der Waals surface area contributed by atoms with Crippen LogP contribution < -0.4 is 5.73 Å². The summed E-state index contributed by atoms with van der Waals surface area (Å²) >= 11 is 4.81. The highest BCUT2D eigenvalue weighted by Gasteiger charge is 2.33. The molecule has 1 aliphatic rings. The summed E-state index contributed by atoms with van der Waals surface area (Å²) < 4.78 is 31.3. The molecule has 0 spiro atoms. The molecule has 0 unspecified atom stereocenters. The number of rotatable bonds is 8. The van der Waals surface area contributed by atoms with E-state index in [0.29, 0.717) is 31.1 Å². The fourth-order valence-electron chi connectivity index (χ4n) is 2.19. The molecule has 0 aromatic heterocycles. The summed E-state index contributed by atoms with van der Waals surface area (Å²) in [6.45, 7) is 1.12. The van der Waals surface area contributed by atoms with Crippen LogP contribution in [0.4, 0.5) is 0 Å². The first kappa shape index (κ1) is 15.8. The normalized spacial score (nSPS) is 17.4. The van der Waals surface area contributed by atoms with Crippen LogP contribution in [0.25, 0.3) is 0 Å². The van der Waals surface area contributed by atoms with E-state index in [1.54, 1.807) is 7.11 Å². The summed E-state index contributed by atoms with van der Waals surface area (Å²) in [5.74, 6) is 0. The number of thiocarbonyl (C=S) groups is 1. The van der Waals surface area contributed by atoms with Crippen molar-refractivity contribution in [3.8, 4) is 0 Å². The van der Waals surface area contributed by atoms with Crippen LogP contribution >= 0.6 is 12.2 Å². The van der Waals surface area contributed by atoms with E-state index in [1.165, 1.54) is 4.31 Å². The molecular formula is C11H22N2O3S2. The molecule has 0 aromatic rings. The largest absolute Gasteiger partial charge is 0.393 e. The van der Waals surface area contributed by atoms with E-state index in [9.17, 15) is 8.42 Å². The molecule has 5 nitrogen and oxygen atoms in total. The van der Waals surface area contributed by atoms with Crippen molar-refractivity contribution < 1.29 is 13.2 Å². The lowest BCUT2D eigenvalue weighted by Gasteiger charge is -2.25. The maximum Gasteiger partial charge on any atom is 0.217 e. The highest BCUT2D eigenvalue weighted by atomic mass is 32.2. The van der Waals surface area contributed by atoms with Gasteiger partial charge >= 0.3 is 0 Å². The second kappa shape index (κ2) is 7.37. The first-order chi connectivity index (χ1) is 8.48. The molecule has 7 heteroatoms. The van der Waals surface area contributed by atoms with Gasteiger partial charge in [-0.2, -0.15) is 4.31 Å². The van der Waals surface area contributed by atoms with Crippen molar-refractivity contribution in [1.82, 2.24) is 4.31 Å². The van der Waals surface area contributed by atoms with Gasteiger partial charge in [0.25, 0.3) is 0 Å². The molecule has 1 rings (SSSR count). The lowest BCUT2D eigenvalue weighted by molar-refractivity contribution is 0.179. The average Bonchev–Trinajstić information content (AvgIpc) is 2.82. The minimum atomic E-state index is -3.23. The Kier molecular flexibility index (Phi) is 6.48. The Bertz CT molecular complexity index is 364. The van der Waals surface area contributed by atoms with Crippen LogP contribution in [0.1, 0.15) is 32.1 Å². The highest BCUT2D eigenvalue weighted by molar-refractivity contribution is 7.89. The molecule has 0 aliphatic heterocycles. The van der Waals surface area contributed by atoms with Crippen LogP contribution in [0.15, 0.2) is 0 Å². The first-order valence-corrected chi connectivity index (χ1v) is 8.16. The molecule has 106 valence electrons. The van der Waals surface area contributed by atoms with Crippen molar-refractivity contribution in [2.75, 3.05) is 26.8 Å². The van der Waals surface area contributed by atoms with Crippen LogP contribution in [0, 0.1) is 0 Å². The van der Waals surface area contributed by atoms with Gasteiger partial charge in [0.15, 0.2) is 0 Å². The SMILES string of the molecule is COCCN(CCC(N)=S)S(=O)(=O)C1CCCC1. The number of sulfonamides is 1. The van der Waals surface area contributed by atoms with Gasteiger partial charge in [0.05, 0.1) is 16.8 Å². The topological polar surface area (TPSA) is 72.6 Å². The minimum absolute atomic E-state index is 0.235. The maximum atomic E-state index is 12.4. The molecule has 2 N–H and O–H groups in total. The summed E-state index contributed by atoms with van der Waals surface area (Å²) in [5.41, 5.74) is 5.44. The Labute approximate surface area is 115 Å². The van der Waals surface area contributed by atoms with E-state index in [4.69, 9.17) is 22.7 Å². The predicted molar refractivity (Wildman–Crippen MR) is 76.0 cm³/mol. The third-order valence-corrected chi connectivity index (χ3v) is 5.84. The van der Waals surface area contributed by atoms with Gasteiger partial charge in [-0.15, -0.1) is 0 Å². The van der Waals surface area contributed by atoms with Crippen LogP contribution in [0.5, 0.6) is 0 Å². The van der Waals surface area contributed by atoms with E-state index in [-0.39, 0.29) is 5.25 Å². The van der Waals surface area contributed by atoms with E-state index in [1.807, 2.05) is 0 Å². The number of hydrogen-bond acceptors (Lipinski definition) is 4. The molecule has 0 bridgehead atoms. The smallest absolute Gasteiger partial charge is 0.217 e. The molecule has 0 amide bonds. The summed E-state index contributed by atoms with van der Waals surface area (Å²) in [6, 6.07) is 0. The number of nitrogens with zero attached hydrogens (tertiary/aromatic N) is 1. The Morgan fingerprint density at radius 1 is 1.39 bits per heavy atom. The van der Waals surface area contributed by atoms with Gasteiger partial charge in [-0.25, -0.2) is 8.42 Å². The minimum Gasteiger partial charge on any atom is -0.393 e. The van der Waals surface area contributed by atoms with Crippen molar-refractivity contribution in [3.63, 3.8) is 0 Å². The summed E-state index contributed by atoms with van der Waals surface area (Å²) in [6.07, 6.45) is 3.94. The van der Waals surface area contributed by atoms with Crippen LogP contribution in [-0.4, -0.2) is 49.8 Å².